The maximum atomic E-state index is 6.55. The van der Waals surface area contributed by atoms with E-state index < -0.39 is 0 Å². The van der Waals surface area contributed by atoms with Gasteiger partial charge in [0.25, 0.3) is 0 Å². The second-order valence-electron chi connectivity index (χ2n) is 10.0. The van der Waals surface area contributed by atoms with Gasteiger partial charge >= 0.3 is 0 Å². The average Bonchev–Trinajstić information content (AvgIpc) is 3.03. The Balaban J connectivity index is 1.17. The van der Waals surface area contributed by atoms with Crippen LogP contribution in [-0.4, -0.2) is 53.7 Å². The van der Waals surface area contributed by atoms with E-state index >= 15 is 0 Å². The minimum Gasteiger partial charge on any atom is -0.496 e. The summed E-state index contributed by atoms with van der Waals surface area (Å²) in [6, 6.07) is 26.2. The number of hydrogen-bond acceptors (Lipinski definition) is 7. The summed E-state index contributed by atoms with van der Waals surface area (Å²) >= 11 is 0. The minimum atomic E-state index is 0.0322. The lowest BCUT2D eigenvalue weighted by Gasteiger charge is -2.33. The number of nitrogens with one attached hydrogen (secondary N) is 1. The van der Waals surface area contributed by atoms with Gasteiger partial charge < -0.3 is 33.7 Å². The van der Waals surface area contributed by atoms with Crippen molar-refractivity contribution in [2.75, 3.05) is 47.6 Å². The molecule has 7 heteroatoms. The molecule has 0 amide bonds. The second kappa shape index (κ2) is 14.1. The molecule has 1 N–H and O–H groups in total. The number of benzene rings is 4. The van der Waals surface area contributed by atoms with Crippen molar-refractivity contribution in [1.29, 1.82) is 0 Å². The van der Waals surface area contributed by atoms with Gasteiger partial charge in [-0.05, 0) is 48.9 Å². The highest BCUT2D eigenvalue weighted by atomic mass is 16.5. The van der Waals surface area contributed by atoms with Crippen LogP contribution in [-0.2, 0) is 11.3 Å². The summed E-state index contributed by atoms with van der Waals surface area (Å²) in [5.41, 5.74) is 2.23. The number of rotatable bonds is 13. The number of piperidine rings is 1. The highest BCUT2D eigenvalue weighted by Gasteiger charge is 2.28. The van der Waals surface area contributed by atoms with Gasteiger partial charge in [0.1, 0.15) is 17.2 Å². The van der Waals surface area contributed by atoms with Crippen LogP contribution in [0.15, 0.2) is 78.9 Å². The Hall–Kier alpha value is -3.94. The van der Waals surface area contributed by atoms with Crippen LogP contribution in [0, 0.1) is 0 Å². The summed E-state index contributed by atoms with van der Waals surface area (Å²) in [6.45, 7) is 3.32. The van der Waals surface area contributed by atoms with Gasteiger partial charge in [0.15, 0.2) is 11.5 Å². The lowest BCUT2D eigenvalue weighted by atomic mass is 9.87. The predicted molar refractivity (Wildman–Crippen MR) is 161 cm³/mol. The third-order valence-corrected chi connectivity index (χ3v) is 7.53. The molecule has 0 aromatic heterocycles. The van der Waals surface area contributed by atoms with Crippen molar-refractivity contribution in [1.82, 2.24) is 5.32 Å². The van der Waals surface area contributed by atoms with Gasteiger partial charge in [0, 0.05) is 35.2 Å². The fourth-order valence-corrected chi connectivity index (χ4v) is 5.45. The maximum Gasteiger partial charge on any atom is 0.161 e. The molecular weight excluding hydrogens is 518 g/mol. The summed E-state index contributed by atoms with van der Waals surface area (Å²) in [6.07, 6.45) is 1.81. The Morgan fingerprint density at radius 3 is 2.20 bits per heavy atom. The first-order valence-electron chi connectivity index (χ1n) is 14.1. The van der Waals surface area contributed by atoms with Crippen LogP contribution in [0.5, 0.6) is 28.7 Å². The third-order valence-electron chi connectivity index (χ3n) is 7.53. The van der Waals surface area contributed by atoms with Crippen molar-refractivity contribution in [3.63, 3.8) is 0 Å². The highest BCUT2D eigenvalue weighted by Crippen LogP contribution is 2.38. The van der Waals surface area contributed by atoms with Gasteiger partial charge in [0.05, 0.1) is 47.3 Å². The van der Waals surface area contributed by atoms with Crippen molar-refractivity contribution in [3.8, 4) is 28.7 Å². The molecule has 1 heterocycles. The molecule has 0 bridgehead atoms. The maximum absolute atomic E-state index is 6.55. The number of fused-ring (bicyclic) bond motifs is 1. The lowest BCUT2D eigenvalue weighted by Crippen LogP contribution is -2.41. The molecule has 0 radical (unpaired) electrons. The predicted octanol–water partition coefficient (Wildman–Crippen LogP) is 6.38. The molecule has 1 fully saturated rings. The van der Waals surface area contributed by atoms with E-state index in [4.69, 9.17) is 28.4 Å². The van der Waals surface area contributed by atoms with Crippen molar-refractivity contribution in [3.05, 3.63) is 90.0 Å². The molecule has 5 rings (SSSR count). The lowest BCUT2D eigenvalue weighted by molar-refractivity contribution is 0.00983. The van der Waals surface area contributed by atoms with Gasteiger partial charge in [0.2, 0.25) is 0 Å². The Labute approximate surface area is 242 Å². The van der Waals surface area contributed by atoms with E-state index in [0.29, 0.717) is 19.8 Å². The number of hydrogen-bond donors (Lipinski definition) is 1. The molecule has 0 aliphatic carbocycles. The van der Waals surface area contributed by atoms with Crippen LogP contribution < -0.4 is 29.0 Å². The number of methoxy groups -OCH3 is 3. The Kier molecular flexibility index (Phi) is 9.83. The van der Waals surface area contributed by atoms with E-state index in [2.05, 4.69) is 23.5 Å². The molecule has 0 saturated carbocycles. The standard InChI is InChI=1S/C34H39NO6/c1-36-30-11-6-7-12-31(30)40-20-8-19-39-26-15-13-24(14-16-26)27-17-18-35-22-33(27)41-23-25-21-32(37-2)28-9-4-5-10-29(28)34(25)38-3/h4-7,9-16,21,27,33,35H,8,17-20,22-23H2,1-3H3. The molecule has 1 aliphatic heterocycles. The normalized spacial score (nSPS) is 16.8. The van der Waals surface area contributed by atoms with Crippen molar-refractivity contribution in [2.45, 2.75) is 31.5 Å². The van der Waals surface area contributed by atoms with Crippen LogP contribution in [0.25, 0.3) is 10.8 Å². The van der Waals surface area contributed by atoms with Gasteiger partial charge in [-0.15, -0.1) is 0 Å². The SMILES string of the molecule is COc1ccccc1OCCCOc1ccc(C2CCNCC2OCc2cc(OC)c3ccccc3c2OC)cc1. The largest absolute Gasteiger partial charge is 0.496 e. The molecule has 2 atom stereocenters. The molecule has 4 aromatic carbocycles. The van der Waals surface area contributed by atoms with Crippen LogP contribution in [0.1, 0.15) is 29.9 Å². The number of ether oxygens (including phenoxy) is 6. The van der Waals surface area contributed by atoms with Crippen LogP contribution >= 0.6 is 0 Å². The summed E-state index contributed by atoms with van der Waals surface area (Å²) in [5, 5.41) is 5.54. The molecule has 1 aliphatic rings. The first kappa shape index (κ1) is 28.6. The quantitative estimate of drug-likeness (QED) is 0.192. The van der Waals surface area contributed by atoms with Crippen LogP contribution in [0.2, 0.25) is 0 Å². The summed E-state index contributed by atoms with van der Waals surface area (Å²) < 4.78 is 35.2. The smallest absolute Gasteiger partial charge is 0.161 e. The summed E-state index contributed by atoms with van der Waals surface area (Å²) in [5.74, 6) is 4.27. The molecule has 1 saturated heterocycles. The Bertz CT molecular complexity index is 1410. The fourth-order valence-electron chi connectivity index (χ4n) is 5.45. The average molecular weight is 558 g/mol. The molecule has 7 nitrogen and oxygen atoms in total. The monoisotopic (exact) mass is 557 g/mol. The van der Waals surface area contributed by atoms with Gasteiger partial charge in [-0.25, -0.2) is 0 Å². The van der Waals surface area contributed by atoms with Crippen molar-refractivity contribution >= 4 is 10.8 Å². The zero-order valence-electron chi connectivity index (χ0n) is 24.1. The second-order valence-corrected chi connectivity index (χ2v) is 10.0. The van der Waals surface area contributed by atoms with Gasteiger partial charge in [-0.2, -0.15) is 0 Å². The van der Waals surface area contributed by atoms with Gasteiger partial charge in [-0.3, -0.25) is 0 Å². The molecule has 2 unspecified atom stereocenters. The Morgan fingerprint density at radius 2 is 1.44 bits per heavy atom. The molecular formula is C34H39NO6. The third kappa shape index (κ3) is 6.87. The topological polar surface area (TPSA) is 67.4 Å². The molecule has 4 aromatic rings. The van der Waals surface area contributed by atoms with Crippen LogP contribution in [0.3, 0.4) is 0 Å². The molecule has 216 valence electrons. The minimum absolute atomic E-state index is 0.0322. The van der Waals surface area contributed by atoms with Crippen LogP contribution in [0.4, 0.5) is 0 Å². The fraction of sp³-hybridized carbons (Fsp3) is 0.353. The Morgan fingerprint density at radius 1 is 0.732 bits per heavy atom. The number of para-hydroxylation sites is 2. The van der Waals surface area contributed by atoms with E-state index in [1.165, 1.54) is 5.56 Å². The molecule has 41 heavy (non-hydrogen) atoms. The summed E-state index contributed by atoms with van der Waals surface area (Å²) in [7, 11) is 5.05. The van der Waals surface area contributed by atoms with E-state index in [0.717, 1.165) is 71.0 Å². The van der Waals surface area contributed by atoms with E-state index in [1.807, 2.05) is 60.7 Å². The summed E-state index contributed by atoms with van der Waals surface area (Å²) in [4.78, 5) is 0. The van der Waals surface area contributed by atoms with Crippen molar-refractivity contribution < 1.29 is 28.4 Å². The zero-order chi connectivity index (χ0) is 28.4. The highest BCUT2D eigenvalue weighted by molar-refractivity contribution is 5.94. The van der Waals surface area contributed by atoms with E-state index in [9.17, 15) is 0 Å². The van der Waals surface area contributed by atoms with Crippen molar-refractivity contribution in [2.24, 2.45) is 0 Å². The van der Waals surface area contributed by atoms with E-state index in [-0.39, 0.29) is 12.0 Å². The first-order valence-corrected chi connectivity index (χ1v) is 14.1. The van der Waals surface area contributed by atoms with Gasteiger partial charge in [-0.1, -0.05) is 48.5 Å². The first-order chi connectivity index (χ1) is 20.2. The molecule has 0 spiro atoms. The van der Waals surface area contributed by atoms with E-state index in [1.54, 1.807) is 21.3 Å². The zero-order valence-corrected chi connectivity index (χ0v) is 24.1.